The Morgan fingerprint density at radius 1 is 1.42 bits per heavy atom. The van der Waals surface area contributed by atoms with E-state index in [-0.39, 0.29) is 17.0 Å². The second kappa shape index (κ2) is 8.60. The lowest BCUT2D eigenvalue weighted by molar-refractivity contribution is 0.0933. The molecule has 0 radical (unpaired) electrons. The van der Waals surface area contributed by atoms with E-state index in [0.717, 1.165) is 44.6 Å². The molecule has 0 bridgehead atoms. The molecule has 1 amide bonds. The average molecular weight is 375 g/mol. The first-order valence-corrected chi connectivity index (χ1v) is 10.1. The number of likely N-dealkylation sites (tertiary alicyclic amines) is 1. The molecule has 0 saturated carbocycles. The maximum Gasteiger partial charge on any atom is 0.261 e. The molecule has 0 spiro atoms. The zero-order chi connectivity index (χ0) is 18.5. The Hall–Kier alpha value is -1.99. The number of nitrogens with one attached hydrogen (secondary N) is 2. The molecule has 0 aliphatic carbocycles. The van der Waals surface area contributed by atoms with Crippen molar-refractivity contribution in [2.75, 3.05) is 19.6 Å². The van der Waals surface area contributed by atoms with Crippen LogP contribution in [-0.4, -0.2) is 40.4 Å². The van der Waals surface area contributed by atoms with E-state index in [0.29, 0.717) is 18.0 Å². The van der Waals surface area contributed by atoms with E-state index in [9.17, 15) is 9.59 Å². The number of aromatic nitrogens is 2. The van der Waals surface area contributed by atoms with Crippen molar-refractivity contribution in [2.24, 2.45) is 5.92 Å². The first-order chi connectivity index (χ1) is 12.6. The van der Waals surface area contributed by atoms with Crippen molar-refractivity contribution in [3.8, 4) is 0 Å². The van der Waals surface area contributed by atoms with Gasteiger partial charge in [-0.3, -0.25) is 14.5 Å². The lowest BCUT2D eigenvalue weighted by Gasteiger charge is -2.31. The number of piperidine rings is 1. The van der Waals surface area contributed by atoms with E-state index < -0.39 is 0 Å². The highest BCUT2D eigenvalue weighted by molar-refractivity contribution is 7.09. The van der Waals surface area contributed by atoms with E-state index in [1.807, 2.05) is 0 Å². The maximum absolute atomic E-state index is 12.3. The van der Waals surface area contributed by atoms with Crippen molar-refractivity contribution in [2.45, 2.75) is 39.7 Å². The fraction of sp³-hybridized carbons (Fsp3) is 0.526. The molecular formula is C19H26N4O2S. The molecule has 1 saturated heterocycles. The first kappa shape index (κ1) is 18.8. The number of hydrogen-bond acceptors (Lipinski definition) is 5. The molecule has 0 aromatic carbocycles. The van der Waals surface area contributed by atoms with Gasteiger partial charge in [-0.2, -0.15) is 0 Å². The van der Waals surface area contributed by atoms with Gasteiger partial charge < -0.3 is 10.3 Å². The van der Waals surface area contributed by atoms with Crippen LogP contribution in [0.4, 0.5) is 0 Å². The molecule has 26 heavy (non-hydrogen) atoms. The summed E-state index contributed by atoms with van der Waals surface area (Å²) in [5, 5.41) is 6.29. The summed E-state index contributed by atoms with van der Waals surface area (Å²) in [5.41, 5.74) is 1.76. The maximum atomic E-state index is 12.3. The lowest BCUT2D eigenvalue weighted by Crippen LogP contribution is -2.39. The van der Waals surface area contributed by atoms with Crippen molar-refractivity contribution in [3.63, 3.8) is 0 Å². The van der Waals surface area contributed by atoms with E-state index in [4.69, 9.17) is 0 Å². The molecule has 2 N–H and O–H groups in total. The van der Waals surface area contributed by atoms with Crippen LogP contribution in [0.15, 0.2) is 22.4 Å². The number of amides is 1. The van der Waals surface area contributed by atoms with Crippen molar-refractivity contribution in [1.29, 1.82) is 0 Å². The Morgan fingerprint density at radius 3 is 2.85 bits per heavy atom. The van der Waals surface area contributed by atoms with Crippen LogP contribution in [0.1, 0.15) is 46.4 Å². The van der Waals surface area contributed by atoms with Crippen LogP contribution in [0.2, 0.25) is 0 Å². The van der Waals surface area contributed by atoms with Gasteiger partial charge >= 0.3 is 0 Å². The molecule has 140 valence electrons. The zero-order valence-electron chi connectivity index (χ0n) is 15.4. The molecule has 2 aromatic rings. The van der Waals surface area contributed by atoms with E-state index in [2.05, 4.69) is 32.5 Å². The van der Waals surface area contributed by atoms with Crippen LogP contribution in [0.25, 0.3) is 0 Å². The molecular weight excluding hydrogens is 348 g/mol. The summed E-state index contributed by atoms with van der Waals surface area (Å²) in [5.74, 6) is 0.182. The van der Waals surface area contributed by atoms with E-state index in [1.165, 1.54) is 5.01 Å². The minimum Gasteiger partial charge on any atom is -0.352 e. The lowest BCUT2D eigenvalue weighted by atomic mass is 9.96. The Labute approximate surface area is 157 Å². The monoisotopic (exact) mass is 374 g/mol. The number of carbonyl (C=O) groups is 1. The zero-order valence-corrected chi connectivity index (χ0v) is 16.2. The topological polar surface area (TPSA) is 78.1 Å². The Bertz CT molecular complexity index is 806. The van der Waals surface area contributed by atoms with Crippen LogP contribution in [-0.2, 0) is 13.0 Å². The SMILES string of the molecule is CCc1nc(CN2CCC(CNC(=O)c3c(C)cc[nH]c3=O)CC2)cs1. The Balaban J connectivity index is 1.45. The number of thiazole rings is 1. The summed E-state index contributed by atoms with van der Waals surface area (Å²) >= 11 is 1.74. The number of nitrogens with zero attached hydrogens (tertiary/aromatic N) is 2. The Kier molecular flexibility index (Phi) is 6.21. The van der Waals surface area contributed by atoms with Gasteiger partial charge in [0.05, 0.1) is 10.7 Å². The number of carbonyl (C=O) groups excluding carboxylic acids is 1. The molecule has 0 atom stereocenters. The summed E-state index contributed by atoms with van der Waals surface area (Å²) in [6.45, 7) is 7.48. The largest absolute Gasteiger partial charge is 0.352 e. The van der Waals surface area contributed by atoms with Gasteiger partial charge in [0, 0.05) is 24.7 Å². The molecule has 1 aliphatic heterocycles. The van der Waals surface area contributed by atoms with Crippen LogP contribution in [0.3, 0.4) is 0 Å². The van der Waals surface area contributed by atoms with Crippen molar-refractivity contribution >= 4 is 17.2 Å². The van der Waals surface area contributed by atoms with Crippen molar-refractivity contribution in [1.82, 2.24) is 20.2 Å². The minimum absolute atomic E-state index is 0.222. The number of hydrogen-bond donors (Lipinski definition) is 2. The summed E-state index contributed by atoms with van der Waals surface area (Å²) in [6, 6.07) is 1.75. The van der Waals surface area contributed by atoms with Gasteiger partial charge in [-0.15, -0.1) is 11.3 Å². The van der Waals surface area contributed by atoms with Crippen LogP contribution < -0.4 is 10.9 Å². The fourth-order valence-electron chi connectivity index (χ4n) is 3.35. The summed E-state index contributed by atoms with van der Waals surface area (Å²) in [6.07, 6.45) is 4.66. The molecule has 1 fully saturated rings. The standard InChI is InChI=1S/C19H26N4O2S/c1-3-16-22-15(12-26-16)11-23-8-5-14(6-9-23)10-21-19(25)17-13(2)4-7-20-18(17)24/h4,7,12,14H,3,5-6,8-11H2,1-2H3,(H,20,24)(H,21,25). The van der Waals surface area contributed by atoms with E-state index in [1.54, 1.807) is 30.5 Å². The third kappa shape index (κ3) is 4.59. The fourth-order valence-corrected chi connectivity index (χ4v) is 4.08. The number of aryl methyl sites for hydroxylation is 2. The first-order valence-electron chi connectivity index (χ1n) is 9.19. The normalized spacial score (nSPS) is 15.9. The molecule has 0 unspecified atom stereocenters. The second-order valence-corrected chi connectivity index (χ2v) is 7.82. The van der Waals surface area contributed by atoms with Gasteiger partial charge in [-0.1, -0.05) is 6.92 Å². The summed E-state index contributed by atoms with van der Waals surface area (Å²) in [7, 11) is 0. The highest BCUT2D eigenvalue weighted by Crippen LogP contribution is 2.19. The number of pyridine rings is 1. The molecule has 3 rings (SSSR count). The van der Waals surface area contributed by atoms with Gasteiger partial charge in [0.2, 0.25) is 0 Å². The minimum atomic E-state index is -0.327. The van der Waals surface area contributed by atoms with Gasteiger partial charge in [-0.25, -0.2) is 4.98 Å². The van der Waals surface area contributed by atoms with Gasteiger partial charge in [0.1, 0.15) is 5.56 Å². The smallest absolute Gasteiger partial charge is 0.261 e. The molecule has 2 aromatic heterocycles. The molecule has 1 aliphatic rings. The highest BCUT2D eigenvalue weighted by Gasteiger charge is 2.21. The van der Waals surface area contributed by atoms with Gasteiger partial charge in [0.15, 0.2) is 0 Å². The van der Waals surface area contributed by atoms with Crippen molar-refractivity contribution in [3.05, 3.63) is 49.8 Å². The van der Waals surface area contributed by atoms with Crippen LogP contribution in [0, 0.1) is 12.8 Å². The predicted octanol–water partition coefficient (Wildman–Crippen LogP) is 2.34. The summed E-state index contributed by atoms with van der Waals surface area (Å²) < 4.78 is 0. The number of rotatable bonds is 6. The number of aromatic amines is 1. The second-order valence-electron chi connectivity index (χ2n) is 6.88. The quantitative estimate of drug-likeness (QED) is 0.814. The Morgan fingerprint density at radius 2 is 2.19 bits per heavy atom. The third-order valence-electron chi connectivity index (χ3n) is 4.94. The predicted molar refractivity (Wildman–Crippen MR) is 104 cm³/mol. The van der Waals surface area contributed by atoms with Gasteiger partial charge in [-0.05, 0) is 56.8 Å². The average Bonchev–Trinajstić information content (AvgIpc) is 3.08. The highest BCUT2D eigenvalue weighted by atomic mass is 32.1. The molecule has 6 nitrogen and oxygen atoms in total. The molecule has 3 heterocycles. The van der Waals surface area contributed by atoms with Gasteiger partial charge in [0.25, 0.3) is 11.5 Å². The molecule has 7 heteroatoms. The van der Waals surface area contributed by atoms with Crippen LogP contribution >= 0.6 is 11.3 Å². The summed E-state index contributed by atoms with van der Waals surface area (Å²) in [4.78, 5) is 33.8. The third-order valence-corrected chi connectivity index (χ3v) is 5.98. The number of H-pyrrole nitrogens is 1. The van der Waals surface area contributed by atoms with E-state index >= 15 is 0 Å². The van der Waals surface area contributed by atoms with Crippen LogP contribution in [0.5, 0.6) is 0 Å². The van der Waals surface area contributed by atoms with Crippen molar-refractivity contribution < 1.29 is 4.79 Å².